The summed E-state index contributed by atoms with van der Waals surface area (Å²) >= 11 is 0. The summed E-state index contributed by atoms with van der Waals surface area (Å²) in [7, 11) is 1.65. The van der Waals surface area contributed by atoms with Gasteiger partial charge in [0.15, 0.2) is 11.8 Å². The third kappa shape index (κ3) is 4.45. The zero-order valence-electron chi connectivity index (χ0n) is 15.6. The third-order valence-electron chi connectivity index (χ3n) is 4.14. The Hall–Kier alpha value is -3.63. The molecule has 0 saturated heterocycles. The summed E-state index contributed by atoms with van der Waals surface area (Å²) in [6.07, 6.45) is 1.24. The Bertz CT molecular complexity index is 1140. The number of ether oxygens (including phenoxy) is 1. The zero-order chi connectivity index (χ0) is 21.1. The van der Waals surface area contributed by atoms with Gasteiger partial charge in [-0.15, -0.1) is 0 Å². The molecule has 0 saturated carbocycles. The average Bonchev–Trinajstić information content (AvgIpc) is 3.06. The largest absolute Gasteiger partial charge is 0.452 e. The second-order valence-electron chi connectivity index (χ2n) is 6.24. The highest BCUT2D eigenvalue weighted by Gasteiger charge is 2.20. The number of aryl methyl sites for hydroxylation is 2. The first-order valence-corrected chi connectivity index (χ1v) is 8.59. The molecule has 1 amide bonds. The minimum atomic E-state index is -1.25. The predicted molar refractivity (Wildman–Crippen MR) is 97.9 cm³/mol. The van der Waals surface area contributed by atoms with Crippen molar-refractivity contribution in [1.29, 1.82) is 0 Å². The lowest BCUT2D eigenvalue weighted by atomic mass is 10.2. The van der Waals surface area contributed by atoms with Crippen molar-refractivity contribution >= 4 is 28.6 Å². The molecule has 2 aromatic heterocycles. The molecule has 0 aliphatic heterocycles. The van der Waals surface area contributed by atoms with E-state index in [1.165, 1.54) is 28.7 Å². The number of carbonyl (C=O) groups excluding carboxylic acids is 2. The van der Waals surface area contributed by atoms with E-state index in [-0.39, 0.29) is 24.2 Å². The molecule has 0 radical (unpaired) electrons. The van der Waals surface area contributed by atoms with Crippen LogP contribution in [0.3, 0.4) is 0 Å². The Labute approximate surface area is 162 Å². The average molecular weight is 405 g/mol. The lowest BCUT2D eigenvalue weighted by Gasteiger charge is -2.14. The van der Waals surface area contributed by atoms with E-state index in [4.69, 9.17) is 4.74 Å². The maximum atomic E-state index is 13.6. The number of esters is 1. The van der Waals surface area contributed by atoms with Crippen molar-refractivity contribution in [2.45, 2.75) is 26.0 Å². The number of fused-ring (bicyclic) bond motifs is 1. The van der Waals surface area contributed by atoms with Gasteiger partial charge < -0.3 is 10.1 Å². The molecule has 152 valence electrons. The van der Waals surface area contributed by atoms with Gasteiger partial charge in [-0.05, 0) is 19.1 Å². The van der Waals surface area contributed by atoms with Crippen molar-refractivity contribution in [2.75, 3.05) is 5.32 Å². The first-order chi connectivity index (χ1) is 13.8. The second kappa shape index (κ2) is 8.17. The predicted octanol–water partition coefficient (Wildman–Crippen LogP) is 1.37. The van der Waals surface area contributed by atoms with E-state index in [0.717, 1.165) is 18.2 Å². The van der Waals surface area contributed by atoms with Crippen LogP contribution in [0.5, 0.6) is 0 Å². The van der Waals surface area contributed by atoms with Crippen LogP contribution in [0.1, 0.15) is 13.3 Å². The van der Waals surface area contributed by atoms with Crippen LogP contribution in [0.25, 0.3) is 11.0 Å². The molecule has 1 atom stereocenters. The molecule has 0 spiro atoms. The van der Waals surface area contributed by atoms with E-state index < -0.39 is 29.6 Å². The van der Waals surface area contributed by atoms with Crippen molar-refractivity contribution < 1.29 is 23.1 Å². The fourth-order valence-electron chi connectivity index (χ4n) is 2.57. The number of nitrogens with one attached hydrogen (secondary N) is 1. The Morgan fingerprint density at radius 3 is 2.83 bits per heavy atom. The molecule has 11 heteroatoms. The summed E-state index contributed by atoms with van der Waals surface area (Å²) in [5, 5.41) is 6.42. The number of halogens is 2. The van der Waals surface area contributed by atoms with Gasteiger partial charge >= 0.3 is 5.97 Å². The van der Waals surface area contributed by atoms with Crippen LogP contribution >= 0.6 is 0 Å². The summed E-state index contributed by atoms with van der Waals surface area (Å²) in [6.45, 7) is 1.28. The van der Waals surface area contributed by atoms with Gasteiger partial charge in [0.25, 0.3) is 11.5 Å². The topological polar surface area (TPSA) is 108 Å². The lowest BCUT2D eigenvalue weighted by molar-refractivity contribution is -0.153. The number of anilines is 1. The van der Waals surface area contributed by atoms with E-state index in [9.17, 15) is 23.2 Å². The number of hydrogen-bond acceptors (Lipinski definition) is 6. The molecule has 3 aromatic rings. The van der Waals surface area contributed by atoms with Gasteiger partial charge in [0.05, 0.1) is 24.6 Å². The summed E-state index contributed by atoms with van der Waals surface area (Å²) in [5.74, 6) is -3.11. The second-order valence-corrected chi connectivity index (χ2v) is 6.24. The first-order valence-electron chi connectivity index (χ1n) is 8.59. The van der Waals surface area contributed by atoms with Crippen LogP contribution in [0.2, 0.25) is 0 Å². The van der Waals surface area contributed by atoms with Crippen LogP contribution in [0.15, 0.2) is 35.5 Å². The SMILES string of the molecule is CC(OC(=O)CCn1cnc2c(cnn2C)c1=O)C(=O)Nc1cc(F)ccc1F. The smallest absolute Gasteiger partial charge is 0.308 e. The van der Waals surface area contributed by atoms with Crippen molar-refractivity contribution in [2.24, 2.45) is 7.05 Å². The van der Waals surface area contributed by atoms with E-state index in [1.807, 2.05) is 0 Å². The summed E-state index contributed by atoms with van der Waals surface area (Å²) < 4.78 is 34.4. The molecule has 0 aliphatic rings. The molecule has 1 aromatic carbocycles. The fraction of sp³-hybridized carbons (Fsp3) is 0.278. The van der Waals surface area contributed by atoms with Gasteiger partial charge in [-0.2, -0.15) is 5.10 Å². The molecular formula is C18H17F2N5O4. The molecule has 0 fully saturated rings. The van der Waals surface area contributed by atoms with Crippen molar-refractivity contribution in [1.82, 2.24) is 19.3 Å². The highest BCUT2D eigenvalue weighted by atomic mass is 19.1. The van der Waals surface area contributed by atoms with Gasteiger partial charge in [0, 0.05) is 19.7 Å². The number of nitrogens with zero attached hydrogens (tertiary/aromatic N) is 4. The molecular weight excluding hydrogens is 388 g/mol. The Kier molecular flexibility index (Phi) is 5.66. The van der Waals surface area contributed by atoms with Crippen LogP contribution in [0, 0.1) is 11.6 Å². The highest BCUT2D eigenvalue weighted by molar-refractivity contribution is 5.95. The molecule has 29 heavy (non-hydrogen) atoms. The fourth-order valence-corrected chi connectivity index (χ4v) is 2.57. The number of rotatable bonds is 6. The van der Waals surface area contributed by atoms with Gasteiger partial charge in [-0.25, -0.2) is 13.8 Å². The number of benzene rings is 1. The zero-order valence-corrected chi connectivity index (χ0v) is 15.6. The van der Waals surface area contributed by atoms with Gasteiger partial charge in [0.1, 0.15) is 17.0 Å². The summed E-state index contributed by atoms with van der Waals surface area (Å²) in [6, 6.07) is 2.59. The Balaban J connectivity index is 1.57. The first kappa shape index (κ1) is 20.1. The van der Waals surface area contributed by atoms with Crippen molar-refractivity contribution in [3.63, 3.8) is 0 Å². The normalized spacial score (nSPS) is 12.0. The summed E-state index contributed by atoms with van der Waals surface area (Å²) in [4.78, 5) is 40.5. The van der Waals surface area contributed by atoms with E-state index >= 15 is 0 Å². The number of carbonyl (C=O) groups is 2. The minimum absolute atomic E-state index is 0.0115. The molecule has 1 unspecified atom stereocenters. The van der Waals surface area contributed by atoms with Crippen LogP contribution < -0.4 is 10.9 Å². The molecule has 0 aliphatic carbocycles. The monoisotopic (exact) mass is 405 g/mol. The highest BCUT2D eigenvalue weighted by Crippen LogP contribution is 2.16. The van der Waals surface area contributed by atoms with Crippen LogP contribution in [0.4, 0.5) is 14.5 Å². The molecule has 2 heterocycles. The Morgan fingerprint density at radius 2 is 2.07 bits per heavy atom. The third-order valence-corrected chi connectivity index (χ3v) is 4.14. The number of amides is 1. The quantitative estimate of drug-likeness (QED) is 0.621. The van der Waals surface area contributed by atoms with Gasteiger partial charge in [-0.1, -0.05) is 0 Å². The van der Waals surface area contributed by atoms with Crippen LogP contribution in [-0.2, 0) is 27.9 Å². The maximum absolute atomic E-state index is 13.6. The lowest BCUT2D eigenvalue weighted by Crippen LogP contribution is -2.31. The van der Waals surface area contributed by atoms with Gasteiger partial charge in [0.2, 0.25) is 0 Å². The van der Waals surface area contributed by atoms with Gasteiger partial charge in [-0.3, -0.25) is 23.6 Å². The minimum Gasteiger partial charge on any atom is -0.452 e. The van der Waals surface area contributed by atoms with E-state index in [0.29, 0.717) is 11.0 Å². The number of aromatic nitrogens is 4. The molecule has 9 nitrogen and oxygen atoms in total. The van der Waals surface area contributed by atoms with E-state index in [1.54, 1.807) is 7.05 Å². The van der Waals surface area contributed by atoms with E-state index in [2.05, 4.69) is 15.4 Å². The molecule has 1 N–H and O–H groups in total. The molecule has 3 rings (SSSR count). The summed E-state index contributed by atoms with van der Waals surface area (Å²) in [5.41, 5.74) is -0.299. The van der Waals surface area contributed by atoms with Crippen molar-refractivity contribution in [3.8, 4) is 0 Å². The Morgan fingerprint density at radius 1 is 1.31 bits per heavy atom. The number of hydrogen-bond donors (Lipinski definition) is 1. The standard InChI is InChI=1S/C18H17F2N5O4/c1-10(17(27)23-14-7-11(19)3-4-13(14)20)29-15(26)5-6-25-9-21-16-12(18(25)28)8-22-24(16)2/h3-4,7-10H,5-6H2,1-2H3,(H,23,27). The van der Waals surface area contributed by atoms with Crippen LogP contribution in [-0.4, -0.2) is 37.3 Å². The maximum Gasteiger partial charge on any atom is 0.308 e. The molecule has 0 bridgehead atoms. The van der Waals surface area contributed by atoms with Crippen molar-refractivity contribution in [3.05, 3.63) is 52.7 Å².